The van der Waals surface area contributed by atoms with Gasteiger partial charge in [-0.05, 0) is 25.2 Å². The Hall–Kier alpha value is -0.710. The van der Waals surface area contributed by atoms with Gasteiger partial charge in [-0.15, -0.1) is 0 Å². The van der Waals surface area contributed by atoms with Crippen molar-refractivity contribution in [3.63, 3.8) is 0 Å². The van der Waals surface area contributed by atoms with E-state index in [1.54, 1.807) is 0 Å². The minimum atomic E-state index is 0.0457. The van der Waals surface area contributed by atoms with E-state index in [1.165, 1.54) is 32.1 Å². The van der Waals surface area contributed by atoms with Crippen LogP contribution in [0.3, 0.4) is 0 Å². The highest BCUT2D eigenvalue weighted by Crippen LogP contribution is 2.27. The number of hydrogen-bond donors (Lipinski definition) is 0. The van der Waals surface area contributed by atoms with Crippen LogP contribution < -0.4 is 0 Å². The second kappa shape index (κ2) is 7.71. The number of piperidine rings is 1. The van der Waals surface area contributed by atoms with Gasteiger partial charge in [0, 0.05) is 44.1 Å². The maximum Gasteiger partial charge on any atom is 0.227 e. The fraction of sp³-hybridized carbons (Fsp3) is 0.882. The highest BCUT2D eigenvalue weighted by molar-refractivity contribution is 7.99. The van der Waals surface area contributed by atoms with E-state index in [2.05, 4.69) is 0 Å². The minimum absolute atomic E-state index is 0.0457. The summed E-state index contributed by atoms with van der Waals surface area (Å²) in [4.78, 5) is 28.9. The van der Waals surface area contributed by atoms with Crippen LogP contribution in [-0.4, -0.2) is 59.3 Å². The topological polar surface area (TPSA) is 40.6 Å². The molecule has 124 valence electrons. The average molecular weight is 324 g/mol. The lowest BCUT2D eigenvalue weighted by molar-refractivity contribution is -0.143. The standard InChI is InChI=1S/C17H28N2O2S/c20-16-7-6-15(17(21)18-8-10-22-11-9-18)13-19(16)12-14-4-2-1-3-5-14/h14-15H,1-13H2/t15-/m0/s1. The van der Waals surface area contributed by atoms with Gasteiger partial charge in [0.15, 0.2) is 0 Å². The lowest BCUT2D eigenvalue weighted by Crippen LogP contribution is -2.49. The Morgan fingerprint density at radius 1 is 1.09 bits per heavy atom. The first-order chi connectivity index (χ1) is 10.7. The zero-order valence-corrected chi connectivity index (χ0v) is 14.3. The molecule has 22 heavy (non-hydrogen) atoms. The molecule has 2 saturated heterocycles. The molecule has 1 saturated carbocycles. The number of nitrogens with zero attached hydrogens (tertiary/aromatic N) is 2. The zero-order valence-electron chi connectivity index (χ0n) is 13.5. The number of carbonyl (C=O) groups excluding carboxylic acids is 2. The summed E-state index contributed by atoms with van der Waals surface area (Å²) in [5.41, 5.74) is 0. The molecule has 0 aromatic rings. The first kappa shape index (κ1) is 16.2. The van der Waals surface area contributed by atoms with Gasteiger partial charge in [0.1, 0.15) is 0 Å². The molecule has 0 unspecified atom stereocenters. The zero-order chi connectivity index (χ0) is 15.4. The molecule has 0 spiro atoms. The van der Waals surface area contributed by atoms with Crippen molar-refractivity contribution >= 4 is 23.6 Å². The summed E-state index contributed by atoms with van der Waals surface area (Å²) >= 11 is 1.93. The summed E-state index contributed by atoms with van der Waals surface area (Å²) < 4.78 is 0. The third-order valence-corrected chi connectivity index (χ3v) is 6.32. The number of likely N-dealkylation sites (tertiary alicyclic amines) is 1. The quantitative estimate of drug-likeness (QED) is 0.800. The van der Waals surface area contributed by atoms with E-state index in [1.807, 2.05) is 21.6 Å². The average Bonchev–Trinajstić information content (AvgIpc) is 2.58. The van der Waals surface area contributed by atoms with E-state index in [0.29, 0.717) is 24.8 Å². The molecule has 4 nitrogen and oxygen atoms in total. The number of amides is 2. The van der Waals surface area contributed by atoms with Gasteiger partial charge in [-0.2, -0.15) is 11.8 Å². The molecule has 3 aliphatic rings. The SMILES string of the molecule is O=C1CC[C@H](C(=O)N2CCSCC2)CN1CC1CCCCC1. The molecule has 0 N–H and O–H groups in total. The molecule has 0 bridgehead atoms. The van der Waals surface area contributed by atoms with Crippen LogP contribution in [0.4, 0.5) is 0 Å². The highest BCUT2D eigenvalue weighted by atomic mass is 32.2. The lowest BCUT2D eigenvalue weighted by atomic mass is 9.87. The third kappa shape index (κ3) is 3.98. The molecule has 2 heterocycles. The number of rotatable bonds is 3. The van der Waals surface area contributed by atoms with E-state index in [9.17, 15) is 9.59 Å². The van der Waals surface area contributed by atoms with Crippen molar-refractivity contribution in [2.45, 2.75) is 44.9 Å². The smallest absolute Gasteiger partial charge is 0.227 e. The monoisotopic (exact) mass is 324 g/mol. The Morgan fingerprint density at radius 2 is 1.82 bits per heavy atom. The van der Waals surface area contributed by atoms with Gasteiger partial charge in [0.25, 0.3) is 0 Å². The largest absolute Gasteiger partial charge is 0.342 e. The van der Waals surface area contributed by atoms with Crippen molar-refractivity contribution < 1.29 is 9.59 Å². The van der Waals surface area contributed by atoms with Crippen molar-refractivity contribution in [3.8, 4) is 0 Å². The Morgan fingerprint density at radius 3 is 2.55 bits per heavy atom. The van der Waals surface area contributed by atoms with E-state index in [-0.39, 0.29) is 11.8 Å². The Kier molecular flexibility index (Phi) is 5.66. The molecule has 0 radical (unpaired) electrons. The molecule has 3 fully saturated rings. The fourth-order valence-electron chi connectivity index (χ4n) is 4.02. The van der Waals surface area contributed by atoms with Crippen LogP contribution in [0.25, 0.3) is 0 Å². The van der Waals surface area contributed by atoms with Crippen LogP contribution in [0.1, 0.15) is 44.9 Å². The van der Waals surface area contributed by atoms with Crippen molar-refractivity contribution in [3.05, 3.63) is 0 Å². The van der Waals surface area contributed by atoms with Crippen molar-refractivity contribution in [2.75, 3.05) is 37.7 Å². The van der Waals surface area contributed by atoms with E-state index in [4.69, 9.17) is 0 Å². The summed E-state index contributed by atoms with van der Waals surface area (Å²) in [6.45, 7) is 3.32. The van der Waals surface area contributed by atoms with Gasteiger partial charge in [-0.3, -0.25) is 9.59 Å². The molecule has 2 aliphatic heterocycles. The summed E-state index contributed by atoms with van der Waals surface area (Å²) in [6, 6.07) is 0. The second-order valence-corrected chi connectivity index (χ2v) is 8.20. The predicted molar refractivity (Wildman–Crippen MR) is 89.8 cm³/mol. The summed E-state index contributed by atoms with van der Waals surface area (Å²) in [6.07, 6.45) is 7.78. The first-order valence-electron chi connectivity index (χ1n) is 8.88. The molecule has 0 aromatic carbocycles. The van der Waals surface area contributed by atoms with Crippen molar-refractivity contribution in [1.29, 1.82) is 0 Å². The molecule has 5 heteroatoms. The van der Waals surface area contributed by atoms with Crippen LogP contribution in [0, 0.1) is 11.8 Å². The summed E-state index contributed by atoms with van der Waals surface area (Å²) in [5.74, 6) is 3.39. The van der Waals surface area contributed by atoms with Crippen LogP contribution in [0.2, 0.25) is 0 Å². The molecule has 1 atom stereocenters. The van der Waals surface area contributed by atoms with Gasteiger partial charge < -0.3 is 9.80 Å². The molecular weight excluding hydrogens is 296 g/mol. The maximum atomic E-state index is 12.7. The molecule has 2 amide bonds. The number of thioether (sulfide) groups is 1. The van der Waals surface area contributed by atoms with Gasteiger partial charge in [0.2, 0.25) is 11.8 Å². The first-order valence-corrected chi connectivity index (χ1v) is 10.0. The number of carbonyl (C=O) groups is 2. The predicted octanol–water partition coefficient (Wildman–Crippen LogP) is 2.38. The van der Waals surface area contributed by atoms with Gasteiger partial charge in [0.05, 0.1) is 5.92 Å². The molecule has 0 aromatic heterocycles. The van der Waals surface area contributed by atoms with Crippen LogP contribution in [-0.2, 0) is 9.59 Å². The van der Waals surface area contributed by atoms with E-state index in [0.717, 1.165) is 37.6 Å². The molecule has 3 rings (SSSR count). The van der Waals surface area contributed by atoms with Gasteiger partial charge in [-0.25, -0.2) is 0 Å². The third-order valence-electron chi connectivity index (χ3n) is 5.38. The molecule has 1 aliphatic carbocycles. The van der Waals surface area contributed by atoms with E-state index >= 15 is 0 Å². The van der Waals surface area contributed by atoms with Crippen LogP contribution in [0.15, 0.2) is 0 Å². The van der Waals surface area contributed by atoms with Crippen LogP contribution >= 0.6 is 11.8 Å². The van der Waals surface area contributed by atoms with Crippen molar-refractivity contribution in [1.82, 2.24) is 9.80 Å². The highest BCUT2D eigenvalue weighted by Gasteiger charge is 2.34. The fourth-order valence-corrected chi connectivity index (χ4v) is 4.92. The Bertz CT molecular complexity index is 403. The van der Waals surface area contributed by atoms with Gasteiger partial charge >= 0.3 is 0 Å². The Balaban J connectivity index is 1.55. The van der Waals surface area contributed by atoms with Gasteiger partial charge in [-0.1, -0.05) is 19.3 Å². The van der Waals surface area contributed by atoms with E-state index < -0.39 is 0 Å². The maximum absolute atomic E-state index is 12.7. The minimum Gasteiger partial charge on any atom is -0.342 e. The van der Waals surface area contributed by atoms with Crippen LogP contribution in [0.5, 0.6) is 0 Å². The summed E-state index contributed by atoms with van der Waals surface area (Å²) in [5, 5.41) is 0. The Labute approximate surface area is 138 Å². The number of hydrogen-bond acceptors (Lipinski definition) is 3. The second-order valence-electron chi connectivity index (χ2n) is 6.98. The molecular formula is C17H28N2O2S. The summed E-state index contributed by atoms with van der Waals surface area (Å²) in [7, 11) is 0. The normalized spacial score (nSPS) is 28.0. The lowest BCUT2D eigenvalue weighted by Gasteiger charge is -2.38. The van der Waals surface area contributed by atoms with Crippen molar-refractivity contribution in [2.24, 2.45) is 11.8 Å².